The molecule has 1 rings (SSSR count). The molecule has 0 spiro atoms. The van der Waals surface area contributed by atoms with E-state index < -0.39 is 21.5 Å². The number of hydrogen-bond donors (Lipinski definition) is 1. The summed E-state index contributed by atoms with van der Waals surface area (Å²) in [5.74, 6) is -0.458. The summed E-state index contributed by atoms with van der Waals surface area (Å²) < 4.78 is 4.65. The van der Waals surface area contributed by atoms with Crippen LogP contribution in [0.4, 0.5) is 17.1 Å². The Morgan fingerprint density at radius 2 is 2.00 bits per heavy atom. The number of esters is 1. The SMILES string of the molecule is CC(=O)OCCNc1ccc([N+](=O)[O-])cc1[N+](=O)[O-]. The molecule has 0 amide bonds. The Balaban J connectivity index is 2.79. The fourth-order valence-corrected chi connectivity index (χ4v) is 1.31. The number of benzene rings is 1. The lowest BCUT2D eigenvalue weighted by molar-refractivity contribution is -0.393. The Morgan fingerprint density at radius 1 is 1.32 bits per heavy atom. The van der Waals surface area contributed by atoms with E-state index in [1.807, 2.05) is 0 Å². The van der Waals surface area contributed by atoms with Crippen LogP contribution in [0.25, 0.3) is 0 Å². The van der Waals surface area contributed by atoms with Crippen molar-refractivity contribution in [2.45, 2.75) is 6.92 Å². The fourth-order valence-electron chi connectivity index (χ4n) is 1.31. The van der Waals surface area contributed by atoms with Crippen LogP contribution in [0.3, 0.4) is 0 Å². The highest BCUT2D eigenvalue weighted by molar-refractivity contribution is 5.66. The second kappa shape index (κ2) is 6.28. The van der Waals surface area contributed by atoms with Crippen molar-refractivity contribution in [1.82, 2.24) is 0 Å². The van der Waals surface area contributed by atoms with Gasteiger partial charge in [0, 0.05) is 19.5 Å². The third kappa shape index (κ3) is 4.22. The highest BCUT2D eigenvalue weighted by Crippen LogP contribution is 2.28. The molecule has 0 aromatic heterocycles. The van der Waals surface area contributed by atoms with Gasteiger partial charge in [-0.25, -0.2) is 0 Å². The third-order valence-corrected chi connectivity index (χ3v) is 2.11. The topological polar surface area (TPSA) is 125 Å². The molecule has 0 aliphatic carbocycles. The van der Waals surface area contributed by atoms with Crippen LogP contribution in [0.1, 0.15) is 6.92 Å². The number of rotatable bonds is 6. The van der Waals surface area contributed by atoms with E-state index in [9.17, 15) is 25.0 Å². The van der Waals surface area contributed by atoms with Gasteiger partial charge < -0.3 is 10.1 Å². The average Bonchev–Trinajstić information content (AvgIpc) is 2.34. The first-order valence-electron chi connectivity index (χ1n) is 5.22. The number of nitro groups is 2. The molecule has 1 N–H and O–H groups in total. The van der Waals surface area contributed by atoms with Gasteiger partial charge in [-0.05, 0) is 6.07 Å². The number of anilines is 1. The van der Waals surface area contributed by atoms with Gasteiger partial charge >= 0.3 is 5.97 Å². The maximum absolute atomic E-state index is 10.8. The Kier molecular flexibility index (Phi) is 4.75. The van der Waals surface area contributed by atoms with E-state index in [1.54, 1.807) is 0 Å². The zero-order valence-electron chi connectivity index (χ0n) is 9.99. The molecule has 0 bridgehead atoms. The molecule has 9 nitrogen and oxygen atoms in total. The van der Waals surface area contributed by atoms with Gasteiger partial charge in [-0.3, -0.25) is 25.0 Å². The summed E-state index contributed by atoms with van der Waals surface area (Å²) in [6, 6.07) is 3.26. The first-order chi connectivity index (χ1) is 8.91. The standard InChI is InChI=1S/C10H11N3O6/c1-7(14)19-5-4-11-9-3-2-8(12(15)16)6-10(9)13(17)18/h2-3,6,11H,4-5H2,1H3. The molecule has 0 aliphatic rings. The van der Waals surface area contributed by atoms with Crippen molar-refractivity contribution < 1.29 is 19.4 Å². The van der Waals surface area contributed by atoms with Crippen molar-refractivity contribution in [3.8, 4) is 0 Å². The first-order valence-corrected chi connectivity index (χ1v) is 5.22. The molecule has 1 aromatic rings. The first kappa shape index (κ1) is 14.4. The van der Waals surface area contributed by atoms with Gasteiger partial charge in [0.25, 0.3) is 11.4 Å². The van der Waals surface area contributed by atoms with Crippen LogP contribution in [0.15, 0.2) is 18.2 Å². The normalized spacial score (nSPS) is 9.74. The fraction of sp³-hybridized carbons (Fsp3) is 0.300. The molecule has 0 saturated heterocycles. The van der Waals surface area contributed by atoms with E-state index in [0.717, 1.165) is 12.1 Å². The highest BCUT2D eigenvalue weighted by atomic mass is 16.6. The molecule has 0 unspecified atom stereocenters. The van der Waals surface area contributed by atoms with Gasteiger partial charge in [-0.15, -0.1) is 0 Å². The molecule has 0 heterocycles. The molecule has 19 heavy (non-hydrogen) atoms. The van der Waals surface area contributed by atoms with Crippen LogP contribution >= 0.6 is 0 Å². The van der Waals surface area contributed by atoms with Crippen LogP contribution in [0, 0.1) is 20.2 Å². The van der Waals surface area contributed by atoms with Crippen molar-refractivity contribution in [1.29, 1.82) is 0 Å². The Bertz CT molecular complexity index is 516. The number of ether oxygens (including phenoxy) is 1. The largest absolute Gasteiger partial charge is 0.464 e. The summed E-state index contributed by atoms with van der Waals surface area (Å²) in [4.78, 5) is 30.4. The summed E-state index contributed by atoms with van der Waals surface area (Å²) in [5, 5.41) is 24.0. The highest BCUT2D eigenvalue weighted by Gasteiger charge is 2.18. The van der Waals surface area contributed by atoms with Gasteiger partial charge in [-0.2, -0.15) is 0 Å². The maximum Gasteiger partial charge on any atom is 0.302 e. The van der Waals surface area contributed by atoms with E-state index in [0.29, 0.717) is 0 Å². The Labute approximate surface area is 107 Å². The minimum Gasteiger partial charge on any atom is -0.464 e. The molecule has 0 atom stereocenters. The van der Waals surface area contributed by atoms with Gasteiger partial charge in [0.05, 0.1) is 15.9 Å². The van der Waals surface area contributed by atoms with Crippen molar-refractivity contribution in [3.05, 3.63) is 38.4 Å². The summed E-state index contributed by atoms with van der Waals surface area (Å²) in [5.41, 5.74) is -0.642. The van der Waals surface area contributed by atoms with E-state index in [1.165, 1.54) is 13.0 Å². The molecule has 102 valence electrons. The summed E-state index contributed by atoms with van der Waals surface area (Å²) >= 11 is 0. The van der Waals surface area contributed by atoms with Crippen LogP contribution in [-0.4, -0.2) is 29.0 Å². The van der Waals surface area contributed by atoms with Crippen molar-refractivity contribution in [2.24, 2.45) is 0 Å². The predicted molar refractivity (Wildman–Crippen MR) is 64.9 cm³/mol. The zero-order chi connectivity index (χ0) is 14.4. The number of nitrogens with one attached hydrogen (secondary N) is 1. The molecule has 1 aromatic carbocycles. The summed E-state index contributed by atoms with van der Waals surface area (Å²) in [6.45, 7) is 1.45. The van der Waals surface area contributed by atoms with E-state index >= 15 is 0 Å². The molecule has 0 saturated carbocycles. The zero-order valence-corrected chi connectivity index (χ0v) is 9.99. The Hall–Kier alpha value is -2.71. The lowest BCUT2D eigenvalue weighted by Crippen LogP contribution is -2.12. The van der Waals surface area contributed by atoms with Crippen LogP contribution < -0.4 is 5.32 Å². The quantitative estimate of drug-likeness (QED) is 0.358. The van der Waals surface area contributed by atoms with Crippen molar-refractivity contribution in [2.75, 3.05) is 18.5 Å². The predicted octanol–water partition coefficient (Wildman–Crippen LogP) is 1.48. The van der Waals surface area contributed by atoms with Crippen molar-refractivity contribution in [3.63, 3.8) is 0 Å². The van der Waals surface area contributed by atoms with Crippen LogP contribution in [0.5, 0.6) is 0 Å². The number of carbonyl (C=O) groups excluding carboxylic acids is 1. The van der Waals surface area contributed by atoms with E-state index in [2.05, 4.69) is 10.1 Å². The minimum atomic E-state index is -0.721. The van der Waals surface area contributed by atoms with E-state index in [-0.39, 0.29) is 24.5 Å². The lowest BCUT2D eigenvalue weighted by Gasteiger charge is -2.06. The maximum atomic E-state index is 10.8. The van der Waals surface area contributed by atoms with Gasteiger partial charge in [-0.1, -0.05) is 0 Å². The molecule has 0 aliphatic heterocycles. The monoisotopic (exact) mass is 269 g/mol. The second-order valence-electron chi connectivity index (χ2n) is 3.48. The van der Waals surface area contributed by atoms with Crippen molar-refractivity contribution >= 4 is 23.0 Å². The summed E-state index contributed by atoms with van der Waals surface area (Å²) in [6.07, 6.45) is 0. The Morgan fingerprint density at radius 3 is 2.53 bits per heavy atom. The third-order valence-electron chi connectivity index (χ3n) is 2.11. The van der Waals surface area contributed by atoms with Gasteiger partial charge in [0.1, 0.15) is 12.3 Å². The molecule has 0 radical (unpaired) electrons. The van der Waals surface area contributed by atoms with Gasteiger partial charge in [0.15, 0.2) is 0 Å². The number of non-ortho nitro benzene ring substituents is 1. The number of nitrogens with zero attached hydrogens (tertiary/aromatic N) is 2. The smallest absolute Gasteiger partial charge is 0.302 e. The molecule has 0 fully saturated rings. The number of carbonyl (C=O) groups is 1. The van der Waals surface area contributed by atoms with Crippen LogP contribution in [0.2, 0.25) is 0 Å². The molecular weight excluding hydrogens is 258 g/mol. The van der Waals surface area contributed by atoms with Crippen LogP contribution in [-0.2, 0) is 9.53 Å². The number of nitro benzene ring substituents is 2. The lowest BCUT2D eigenvalue weighted by atomic mass is 10.2. The summed E-state index contributed by atoms with van der Waals surface area (Å²) in [7, 11) is 0. The molecule has 9 heteroatoms. The minimum absolute atomic E-state index is 0.0451. The number of hydrogen-bond acceptors (Lipinski definition) is 7. The van der Waals surface area contributed by atoms with E-state index in [4.69, 9.17) is 0 Å². The molecular formula is C10H11N3O6. The average molecular weight is 269 g/mol. The van der Waals surface area contributed by atoms with Gasteiger partial charge in [0.2, 0.25) is 0 Å². The second-order valence-corrected chi connectivity index (χ2v) is 3.48.